The predicted octanol–water partition coefficient (Wildman–Crippen LogP) is 3.43. The smallest absolute Gasteiger partial charge is 0.123 e. The molecular formula is C14H15FN2S. The number of hydrogen-bond acceptors (Lipinski definition) is 3. The predicted molar refractivity (Wildman–Crippen MR) is 71.3 cm³/mol. The van der Waals surface area contributed by atoms with Crippen LogP contribution in [0.2, 0.25) is 0 Å². The van der Waals surface area contributed by atoms with E-state index in [1.54, 1.807) is 11.3 Å². The lowest BCUT2D eigenvalue weighted by atomic mass is 10.1. The summed E-state index contributed by atoms with van der Waals surface area (Å²) in [6.45, 7) is 2.00. The second-order valence-corrected chi connectivity index (χ2v) is 5.64. The summed E-state index contributed by atoms with van der Waals surface area (Å²) in [4.78, 5) is 4.55. The highest BCUT2D eigenvalue weighted by Gasteiger charge is 2.27. The second kappa shape index (κ2) is 4.78. The molecule has 3 rings (SSSR count). The first-order valence-corrected chi connectivity index (χ1v) is 7.04. The minimum absolute atomic E-state index is 0.0943. The largest absolute Gasteiger partial charge is 0.301 e. The zero-order valence-electron chi connectivity index (χ0n) is 10.2. The maximum absolute atomic E-state index is 13.0. The fraction of sp³-hybridized carbons (Fsp3) is 0.357. The van der Waals surface area contributed by atoms with Crippen LogP contribution in [0.4, 0.5) is 4.39 Å². The first kappa shape index (κ1) is 11.8. The number of nitrogens with one attached hydrogen (secondary N) is 1. The number of aromatic nitrogens is 1. The average molecular weight is 262 g/mol. The van der Waals surface area contributed by atoms with Gasteiger partial charge in [-0.25, -0.2) is 9.37 Å². The Hall–Kier alpha value is -1.26. The molecule has 4 heteroatoms. The van der Waals surface area contributed by atoms with Crippen molar-refractivity contribution in [1.82, 2.24) is 10.3 Å². The zero-order chi connectivity index (χ0) is 12.5. The van der Waals surface area contributed by atoms with Gasteiger partial charge in [0, 0.05) is 17.1 Å². The SMILES string of the molecule is Cc1csc(C(NC2CC2)c2ccc(F)cc2)n1. The third kappa shape index (κ3) is 2.60. The topological polar surface area (TPSA) is 24.9 Å². The Balaban J connectivity index is 1.91. The molecule has 0 saturated heterocycles. The van der Waals surface area contributed by atoms with Gasteiger partial charge in [0.15, 0.2) is 0 Å². The fourth-order valence-electron chi connectivity index (χ4n) is 1.96. The van der Waals surface area contributed by atoms with Crippen molar-refractivity contribution in [1.29, 1.82) is 0 Å². The van der Waals surface area contributed by atoms with Gasteiger partial charge in [-0.05, 0) is 37.5 Å². The van der Waals surface area contributed by atoms with Crippen molar-refractivity contribution in [2.75, 3.05) is 0 Å². The lowest BCUT2D eigenvalue weighted by Gasteiger charge is -2.16. The van der Waals surface area contributed by atoms with Crippen LogP contribution >= 0.6 is 11.3 Å². The summed E-state index contributed by atoms with van der Waals surface area (Å²) >= 11 is 1.66. The molecule has 1 aromatic heterocycles. The van der Waals surface area contributed by atoms with Crippen LogP contribution in [-0.4, -0.2) is 11.0 Å². The molecule has 0 spiro atoms. The highest BCUT2D eigenvalue weighted by molar-refractivity contribution is 7.09. The Kier molecular flexibility index (Phi) is 3.14. The Morgan fingerprint density at radius 2 is 2.06 bits per heavy atom. The Labute approximate surface area is 110 Å². The lowest BCUT2D eigenvalue weighted by molar-refractivity contribution is 0.591. The Morgan fingerprint density at radius 3 is 2.61 bits per heavy atom. The number of thiazole rings is 1. The van der Waals surface area contributed by atoms with Crippen molar-refractivity contribution < 1.29 is 4.39 Å². The van der Waals surface area contributed by atoms with Gasteiger partial charge in [-0.2, -0.15) is 0 Å². The molecule has 0 aliphatic heterocycles. The summed E-state index contributed by atoms with van der Waals surface area (Å²) in [7, 11) is 0. The van der Waals surface area contributed by atoms with Crippen LogP contribution in [-0.2, 0) is 0 Å². The van der Waals surface area contributed by atoms with E-state index in [4.69, 9.17) is 0 Å². The molecule has 0 bridgehead atoms. The van der Waals surface area contributed by atoms with E-state index in [2.05, 4.69) is 15.7 Å². The summed E-state index contributed by atoms with van der Waals surface area (Å²) < 4.78 is 13.0. The highest BCUT2D eigenvalue weighted by Crippen LogP contribution is 2.30. The molecule has 1 saturated carbocycles. The second-order valence-electron chi connectivity index (χ2n) is 4.75. The lowest BCUT2D eigenvalue weighted by Crippen LogP contribution is -2.24. The van der Waals surface area contributed by atoms with Crippen LogP contribution in [0.3, 0.4) is 0 Å². The van der Waals surface area contributed by atoms with E-state index in [1.165, 1.54) is 25.0 Å². The standard InChI is InChI=1S/C14H15FN2S/c1-9-8-18-14(16-9)13(17-12-6-7-12)10-2-4-11(15)5-3-10/h2-5,8,12-13,17H,6-7H2,1H3. The van der Waals surface area contributed by atoms with Gasteiger partial charge >= 0.3 is 0 Å². The van der Waals surface area contributed by atoms with Gasteiger partial charge in [0.1, 0.15) is 10.8 Å². The molecule has 1 fully saturated rings. The van der Waals surface area contributed by atoms with Crippen molar-refractivity contribution in [3.63, 3.8) is 0 Å². The summed E-state index contributed by atoms with van der Waals surface area (Å²) in [6, 6.07) is 7.38. The van der Waals surface area contributed by atoms with Crippen molar-refractivity contribution in [2.45, 2.75) is 31.8 Å². The number of hydrogen-bond donors (Lipinski definition) is 1. The van der Waals surface area contributed by atoms with Crippen molar-refractivity contribution in [3.8, 4) is 0 Å². The van der Waals surface area contributed by atoms with Gasteiger partial charge in [0.25, 0.3) is 0 Å². The zero-order valence-corrected chi connectivity index (χ0v) is 11.0. The Morgan fingerprint density at radius 1 is 1.33 bits per heavy atom. The van der Waals surface area contributed by atoms with Crippen molar-refractivity contribution >= 4 is 11.3 Å². The van der Waals surface area contributed by atoms with Crippen LogP contribution < -0.4 is 5.32 Å². The first-order valence-electron chi connectivity index (χ1n) is 6.16. The molecule has 2 aromatic rings. The maximum atomic E-state index is 13.0. The van der Waals surface area contributed by atoms with Crippen LogP contribution in [0.15, 0.2) is 29.6 Å². The third-order valence-corrected chi connectivity index (χ3v) is 4.09. The normalized spacial score (nSPS) is 16.8. The minimum atomic E-state index is -0.195. The van der Waals surface area contributed by atoms with Crippen LogP contribution in [0.1, 0.15) is 35.1 Å². The number of benzene rings is 1. The highest BCUT2D eigenvalue weighted by atomic mass is 32.1. The fourth-order valence-corrected chi connectivity index (χ4v) is 2.84. The molecule has 1 heterocycles. The molecule has 2 nitrogen and oxygen atoms in total. The van der Waals surface area contributed by atoms with Gasteiger partial charge in [0.05, 0.1) is 6.04 Å². The van der Waals surface area contributed by atoms with E-state index in [1.807, 2.05) is 19.1 Å². The molecule has 94 valence electrons. The monoisotopic (exact) mass is 262 g/mol. The van der Waals surface area contributed by atoms with Crippen molar-refractivity contribution in [2.24, 2.45) is 0 Å². The third-order valence-electron chi connectivity index (χ3n) is 3.07. The van der Waals surface area contributed by atoms with E-state index >= 15 is 0 Å². The molecule has 1 unspecified atom stereocenters. The average Bonchev–Trinajstić information content (AvgIpc) is 3.09. The number of rotatable bonds is 4. The van der Waals surface area contributed by atoms with Crippen LogP contribution in [0.25, 0.3) is 0 Å². The molecule has 18 heavy (non-hydrogen) atoms. The molecule has 1 N–H and O–H groups in total. The molecular weight excluding hydrogens is 247 g/mol. The maximum Gasteiger partial charge on any atom is 0.123 e. The van der Waals surface area contributed by atoms with Crippen LogP contribution in [0.5, 0.6) is 0 Å². The van der Waals surface area contributed by atoms with E-state index in [0.717, 1.165) is 16.3 Å². The van der Waals surface area contributed by atoms with E-state index in [-0.39, 0.29) is 11.9 Å². The summed E-state index contributed by atoms with van der Waals surface area (Å²) in [5, 5.41) is 6.70. The molecule has 1 aliphatic rings. The number of aryl methyl sites for hydroxylation is 1. The van der Waals surface area contributed by atoms with Gasteiger partial charge in [0.2, 0.25) is 0 Å². The molecule has 1 aromatic carbocycles. The van der Waals surface area contributed by atoms with Gasteiger partial charge in [-0.1, -0.05) is 12.1 Å². The van der Waals surface area contributed by atoms with E-state index in [9.17, 15) is 4.39 Å². The minimum Gasteiger partial charge on any atom is -0.301 e. The van der Waals surface area contributed by atoms with E-state index < -0.39 is 0 Å². The number of nitrogens with zero attached hydrogens (tertiary/aromatic N) is 1. The van der Waals surface area contributed by atoms with Crippen molar-refractivity contribution in [3.05, 3.63) is 51.7 Å². The van der Waals surface area contributed by atoms with Crippen LogP contribution in [0, 0.1) is 12.7 Å². The Bertz CT molecular complexity index is 531. The van der Waals surface area contributed by atoms with Gasteiger partial charge in [-0.3, -0.25) is 0 Å². The first-order chi connectivity index (χ1) is 8.72. The molecule has 0 radical (unpaired) electrons. The van der Waals surface area contributed by atoms with E-state index in [0.29, 0.717) is 6.04 Å². The number of halogens is 1. The quantitative estimate of drug-likeness (QED) is 0.913. The molecule has 0 amide bonds. The summed E-state index contributed by atoms with van der Waals surface area (Å²) in [5.41, 5.74) is 2.12. The summed E-state index contributed by atoms with van der Waals surface area (Å²) in [5.74, 6) is -0.195. The summed E-state index contributed by atoms with van der Waals surface area (Å²) in [6.07, 6.45) is 2.45. The van der Waals surface area contributed by atoms with Gasteiger partial charge in [-0.15, -0.1) is 11.3 Å². The molecule has 1 aliphatic carbocycles. The molecule has 1 atom stereocenters. The van der Waals surface area contributed by atoms with Gasteiger partial charge < -0.3 is 5.32 Å².